The van der Waals surface area contributed by atoms with Gasteiger partial charge in [0.15, 0.2) is 6.10 Å². The fraction of sp³-hybridized carbons (Fsp3) is 0.158. The molecule has 0 fully saturated rings. The molecule has 3 rings (SSSR count). The number of esters is 1. The highest BCUT2D eigenvalue weighted by molar-refractivity contribution is 9.10. The van der Waals surface area contributed by atoms with Gasteiger partial charge in [-0.05, 0) is 58.7 Å². The lowest BCUT2D eigenvalue weighted by molar-refractivity contribution is -0.147. The Morgan fingerprint density at radius 3 is 2.71 bits per heavy atom. The van der Waals surface area contributed by atoms with E-state index in [4.69, 9.17) is 4.74 Å². The van der Waals surface area contributed by atoms with Crippen molar-refractivity contribution < 1.29 is 14.3 Å². The number of methoxy groups -OCH3 is 1. The number of fused-ring (bicyclic) bond motifs is 1. The number of aromatic amines is 1. The van der Waals surface area contributed by atoms with Crippen molar-refractivity contribution >= 4 is 39.0 Å². The second-order valence-corrected chi connectivity index (χ2v) is 6.66. The van der Waals surface area contributed by atoms with Crippen molar-refractivity contribution in [2.75, 3.05) is 7.11 Å². The predicted molar refractivity (Wildman–Crippen MR) is 108 cm³/mol. The molecule has 8 nitrogen and oxygen atoms in total. The Morgan fingerprint density at radius 2 is 2.00 bits per heavy atom. The van der Waals surface area contributed by atoms with Gasteiger partial charge >= 0.3 is 11.7 Å². The molecule has 0 aliphatic heterocycles. The molecule has 0 saturated carbocycles. The molecule has 0 radical (unpaired) electrons. The molecule has 1 aromatic heterocycles. The molecule has 144 valence electrons. The van der Waals surface area contributed by atoms with E-state index in [1.807, 2.05) is 0 Å². The van der Waals surface area contributed by atoms with Crippen molar-refractivity contribution in [1.82, 2.24) is 9.66 Å². The Bertz CT molecular complexity index is 1180. The van der Waals surface area contributed by atoms with E-state index < -0.39 is 23.3 Å². The van der Waals surface area contributed by atoms with E-state index in [2.05, 4.69) is 30.8 Å². The summed E-state index contributed by atoms with van der Waals surface area (Å²) in [5, 5.41) is 4.36. The number of nitrogens with zero attached hydrogens (tertiary/aromatic N) is 2. The van der Waals surface area contributed by atoms with Gasteiger partial charge in [0, 0.05) is 0 Å². The Hall–Kier alpha value is -3.20. The van der Waals surface area contributed by atoms with Crippen LogP contribution in [0.2, 0.25) is 0 Å². The minimum atomic E-state index is -0.768. The Balaban J connectivity index is 1.88. The maximum absolute atomic E-state index is 12.5. The molecular weight excluding hydrogens is 430 g/mol. The molecule has 0 spiro atoms. The van der Waals surface area contributed by atoms with Gasteiger partial charge in [0.25, 0.3) is 5.56 Å². The molecule has 28 heavy (non-hydrogen) atoms. The molecule has 1 N–H and O–H groups in total. The van der Waals surface area contributed by atoms with Gasteiger partial charge in [0.1, 0.15) is 5.75 Å². The first kappa shape index (κ1) is 19.6. The maximum atomic E-state index is 12.5. The number of aromatic nitrogens is 2. The summed E-state index contributed by atoms with van der Waals surface area (Å²) in [5.41, 5.74) is -0.0790. The number of carbonyl (C=O) groups is 1. The van der Waals surface area contributed by atoms with Crippen LogP contribution < -0.4 is 16.0 Å². The van der Waals surface area contributed by atoms with Crippen LogP contribution in [0.25, 0.3) is 10.9 Å². The van der Waals surface area contributed by atoms with Crippen LogP contribution in [-0.4, -0.2) is 35.1 Å². The number of halogens is 1. The zero-order chi connectivity index (χ0) is 20.3. The standard InChI is InChI=1S/C19H16BrN3O5/c1-11(18(25)27-2)28-16-8-7-12(9-14(16)20)10-21-23-17(24)13-5-3-4-6-15(13)22-19(23)26/h3-11H,1-2H3,(H,22,26)/t11-/m1/s1. The van der Waals surface area contributed by atoms with Gasteiger partial charge < -0.3 is 14.5 Å². The van der Waals surface area contributed by atoms with Gasteiger partial charge in [0.2, 0.25) is 0 Å². The molecule has 2 aromatic carbocycles. The highest BCUT2D eigenvalue weighted by Gasteiger charge is 2.16. The molecule has 0 aliphatic carbocycles. The lowest BCUT2D eigenvalue weighted by Crippen LogP contribution is -2.32. The summed E-state index contributed by atoms with van der Waals surface area (Å²) in [4.78, 5) is 38.7. The highest BCUT2D eigenvalue weighted by atomic mass is 79.9. The Morgan fingerprint density at radius 1 is 1.25 bits per heavy atom. The van der Waals surface area contributed by atoms with Crippen molar-refractivity contribution in [3.05, 3.63) is 73.3 Å². The van der Waals surface area contributed by atoms with Crippen LogP contribution >= 0.6 is 15.9 Å². The summed E-state index contributed by atoms with van der Waals surface area (Å²) in [7, 11) is 1.28. The Labute approximate surface area is 167 Å². The first-order chi connectivity index (χ1) is 13.4. The zero-order valence-electron chi connectivity index (χ0n) is 15.0. The third-order valence-corrected chi connectivity index (χ3v) is 4.52. The third-order valence-electron chi connectivity index (χ3n) is 3.90. The lowest BCUT2D eigenvalue weighted by Gasteiger charge is -2.13. The predicted octanol–water partition coefficient (Wildman–Crippen LogP) is 2.27. The van der Waals surface area contributed by atoms with Crippen LogP contribution in [0.3, 0.4) is 0 Å². The summed E-state index contributed by atoms with van der Waals surface area (Å²) in [6.07, 6.45) is 0.611. The van der Waals surface area contributed by atoms with Crippen LogP contribution in [0.4, 0.5) is 0 Å². The third kappa shape index (κ3) is 4.04. The van der Waals surface area contributed by atoms with E-state index in [1.165, 1.54) is 13.3 Å². The van der Waals surface area contributed by atoms with E-state index in [0.29, 0.717) is 26.7 Å². The largest absolute Gasteiger partial charge is 0.478 e. The summed E-state index contributed by atoms with van der Waals surface area (Å²) >= 11 is 3.36. The van der Waals surface area contributed by atoms with Crippen LogP contribution in [-0.2, 0) is 9.53 Å². The number of ether oxygens (including phenoxy) is 2. The normalized spacial score (nSPS) is 12.2. The van der Waals surface area contributed by atoms with Crippen molar-refractivity contribution in [2.24, 2.45) is 5.10 Å². The summed E-state index contributed by atoms with van der Waals surface area (Å²) in [6.45, 7) is 1.58. The van der Waals surface area contributed by atoms with Crippen molar-refractivity contribution in [3.63, 3.8) is 0 Å². The topological polar surface area (TPSA) is 103 Å². The molecule has 0 unspecified atom stereocenters. The fourth-order valence-electron chi connectivity index (χ4n) is 2.48. The number of rotatable bonds is 5. The number of hydrogen-bond donors (Lipinski definition) is 1. The fourth-order valence-corrected chi connectivity index (χ4v) is 2.97. The van der Waals surface area contributed by atoms with Crippen LogP contribution in [0.1, 0.15) is 12.5 Å². The number of carbonyl (C=O) groups excluding carboxylic acids is 1. The summed E-state index contributed by atoms with van der Waals surface area (Å²) < 4.78 is 11.5. The van der Waals surface area contributed by atoms with Gasteiger partial charge in [-0.2, -0.15) is 5.10 Å². The average Bonchev–Trinajstić information content (AvgIpc) is 2.69. The van der Waals surface area contributed by atoms with Gasteiger partial charge in [0.05, 0.1) is 28.7 Å². The minimum absolute atomic E-state index is 0.362. The van der Waals surface area contributed by atoms with Gasteiger partial charge in [-0.15, -0.1) is 4.68 Å². The quantitative estimate of drug-likeness (QED) is 0.479. The molecule has 0 bridgehead atoms. The molecular formula is C19H16BrN3O5. The molecule has 3 aromatic rings. The molecule has 1 atom stereocenters. The summed E-state index contributed by atoms with van der Waals surface area (Å²) in [5.74, 6) is -0.0526. The molecule has 0 saturated heterocycles. The molecule has 1 heterocycles. The SMILES string of the molecule is COC(=O)[C@@H](C)Oc1ccc(C=Nn2c(=O)[nH]c3ccccc3c2=O)cc1Br. The van der Waals surface area contributed by atoms with E-state index in [1.54, 1.807) is 49.4 Å². The number of hydrogen-bond acceptors (Lipinski definition) is 6. The first-order valence-corrected chi connectivity index (χ1v) is 9.02. The number of H-pyrrole nitrogens is 1. The van der Waals surface area contributed by atoms with Crippen LogP contribution in [0.15, 0.2) is 61.6 Å². The summed E-state index contributed by atoms with van der Waals surface area (Å²) in [6, 6.07) is 11.7. The van der Waals surface area contributed by atoms with E-state index in [0.717, 1.165) is 4.68 Å². The molecule has 0 aliphatic rings. The van der Waals surface area contributed by atoms with Gasteiger partial charge in [-0.3, -0.25) is 4.79 Å². The number of nitrogens with one attached hydrogen (secondary N) is 1. The van der Waals surface area contributed by atoms with E-state index in [9.17, 15) is 14.4 Å². The lowest BCUT2D eigenvalue weighted by atomic mass is 10.2. The average molecular weight is 446 g/mol. The van der Waals surface area contributed by atoms with Crippen LogP contribution in [0, 0.1) is 0 Å². The van der Waals surface area contributed by atoms with Crippen molar-refractivity contribution in [3.8, 4) is 5.75 Å². The van der Waals surface area contributed by atoms with E-state index in [-0.39, 0.29) is 0 Å². The number of benzene rings is 2. The van der Waals surface area contributed by atoms with Gasteiger partial charge in [-0.25, -0.2) is 9.59 Å². The zero-order valence-corrected chi connectivity index (χ0v) is 16.6. The van der Waals surface area contributed by atoms with Gasteiger partial charge in [-0.1, -0.05) is 12.1 Å². The Kier molecular flexibility index (Phi) is 5.74. The monoisotopic (exact) mass is 445 g/mol. The number of para-hydroxylation sites is 1. The molecule has 0 amide bonds. The smallest absolute Gasteiger partial charge is 0.349 e. The second kappa shape index (κ2) is 8.22. The van der Waals surface area contributed by atoms with Crippen LogP contribution in [0.5, 0.6) is 5.75 Å². The second-order valence-electron chi connectivity index (χ2n) is 5.81. The van der Waals surface area contributed by atoms with Crippen molar-refractivity contribution in [2.45, 2.75) is 13.0 Å². The maximum Gasteiger partial charge on any atom is 0.349 e. The minimum Gasteiger partial charge on any atom is -0.478 e. The highest BCUT2D eigenvalue weighted by Crippen LogP contribution is 2.26. The van der Waals surface area contributed by atoms with E-state index >= 15 is 0 Å². The first-order valence-electron chi connectivity index (χ1n) is 8.23. The molecule has 9 heteroatoms. The van der Waals surface area contributed by atoms with Crippen molar-refractivity contribution in [1.29, 1.82) is 0 Å².